The molecule has 0 spiro atoms. The minimum absolute atomic E-state index is 0.113. The number of hydrogen-bond acceptors (Lipinski definition) is 6. The molecule has 0 radical (unpaired) electrons. The third-order valence-corrected chi connectivity index (χ3v) is 7.63. The van der Waals surface area contributed by atoms with E-state index in [4.69, 9.17) is 0 Å². The van der Waals surface area contributed by atoms with Gasteiger partial charge in [0.25, 0.3) is 11.8 Å². The van der Waals surface area contributed by atoms with Crippen LogP contribution in [0.1, 0.15) is 86.9 Å². The number of nitrogens with one attached hydrogen (secondary N) is 1. The second-order valence-electron chi connectivity index (χ2n) is 10.4. The van der Waals surface area contributed by atoms with Gasteiger partial charge in [0.05, 0.1) is 11.1 Å². The van der Waals surface area contributed by atoms with Crippen LogP contribution in [-0.2, 0) is 14.4 Å². The van der Waals surface area contributed by atoms with Gasteiger partial charge < -0.3 is 15.5 Å². The molecule has 1 heterocycles. The summed E-state index contributed by atoms with van der Waals surface area (Å²) >= 11 is 1.37. The summed E-state index contributed by atoms with van der Waals surface area (Å²) in [6, 6.07) is 3.33. The average Bonchev–Trinajstić information content (AvgIpc) is 3.15. The summed E-state index contributed by atoms with van der Waals surface area (Å²) in [4.78, 5) is 62.1. The molecule has 1 aliphatic rings. The Balaban J connectivity index is 1.81. The lowest BCUT2D eigenvalue weighted by atomic mass is 10.1. The molecule has 1 aromatic rings. The summed E-state index contributed by atoms with van der Waals surface area (Å²) in [5, 5.41) is 21.6. The van der Waals surface area contributed by atoms with E-state index in [2.05, 4.69) is 44.3 Å². The highest BCUT2D eigenvalue weighted by atomic mass is 32.2. The molecule has 0 fully saturated rings. The Morgan fingerprint density at radius 3 is 1.95 bits per heavy atom. The predicted molar refractivity (Wildman–Crippen MR) is 160 cm³/mol. The fourth-order valence-electron chi connectivity index (χ4n) is 4.29. The van der Waals surface area contributed by atoms with Crippen molar-refractivity contribution in [3.63, 3.8) is 0 Å². The number of fused-ring (bicyclic) bond motifs is 1. The maximum absolute atomic E-state index is 12.7. The lowest BCUT2D eigenvalue weighted by Gasteiger charge is -2.22. The molecule has 0 aliphatic carbocycles. The number of amides is 3. The molecule has 0 saturated carbocycles. The van der Waals surface area contributed by atoms with Gasteiger partial charge in [0.15, 0.2) is 0 Å². The molecule has 10 heteroatoms. The topological polar surface area (TPSA) is 141 Å². The number of allylic oxidation sites excluding steroid dienone is 5. The summed E-state index contributed by atoms with van der Waals surface area (Å²) in [5.74, 6) is -4.02. The van der Waals surface area contributed by atoms with E-state index in [1.807, 2.05) is 6.92 Å². The van der Waals surface area contributed by atoms with Gasteiger partial charge in [-0.1, -0.05) is 47.1 Å². The van der Waals surface area contributed by atoms with E-state index in [9.17, 15) is 34.2 Å². The van der Waals surface area contributed by atoms with Crippen molar-refractivity contribution in [3.8, 4) is 0 Å². The number of rotatable bonds is 17. The van der Waals surface area contributed by atoms with Crippen LogP contribution in [0.15, 0.2) is 59.2 Å². The van der Waals surface area contributed by atoms with Gasteiger partial charge in [-0.3, -0.25) is 19.3 Å². The Labute approximate surface area is 245 Å². The van der Waals surface area contributed by atoms with Crippen LogP contribution < -0.4 is 5.32 Å². The number of carboxylic acids is 2. The number of carboxylic acid groups (broad SMARTS) is 2. The Morgan fingerprint density at radius 1 is 0.854 bits per heavy atom. The maximum atomic E-state index is 12.7. The third kappa shape index (κ3) is 10.7. The molecule has 9 nitrogen and oxygen atoms in total. The smallest absolute Gasteiger partial charge is 0.327 e. The zero-order valence-electron chi connectivity index (χ0n) is 24.1. The highest BCUT2D eigenvalue weighted by molar-refractivity contribution is 7.99. The zero-order chi connectivity index (χ0) is 30.5. The molecule has 3 N–H and O–H groups in total. The molecule has 0 aromatic heterocycles. The van der Waals surface area contributed by atoms with E-state index in [1.165, 1.54) is 40.6 Å². The first kappa shape index (κ1) is 33.5. The number of hydrogen-bond donors (Lipinski definition) is 3. The van der Waals surface area contributed by atoms with E-state index >= 15 is 0 Å². The van der Waals surface area contributed by atoms with Gasteiger partial charge in [0.2, 0.25) is 5.91 Å². The monoisotopic (exact) mass is 584 g/mol. The molecule has 41 heavy (non-hydrogen) atoms. The minimum Gasteiger partial charge on any atom is -0.480 e. The molecule has 2 rings (SSSR count). The van der Waals surface area contributed by atoms with Crippen LogP contribution in [-0.4, -0.2) is 68.4 Å². The van der Waals surface area contributed by atoms with Crippen LogP contribution in [0.3, 0.4) is 0 Å². The van der Waals surface area contributed by atoms with Gasteiger partial charge in [0, 0.05) is 17.9 Å². The van der Waals surface area contributed by atoms with Crippen molar-refractivity contribution >= 4 is 41.4 Å². The van der Waals surface area contributed by atoms with Crippen LogP contribution in [0.25, 0.3) is 0 Å². The molecular weight excluding hydrogens is 544 g/mol. The van der Waals surface area contributed by atoms with Gasteiger partial charge in [-0.15, -0.1) is 0 Å². The predicted octanol–water partition coefficient (Wildman–Crippen LogP) is 5.24. The maximum Gasteiger partial charge on any atom is 0.327 e. The third-order valence-electron chi connectivity index (χ3n) is 6.66. The average molecular weight is 585 g/mol. The summed E-state index contributed by atoms with van der Waals surface area (Å²) in [7, 11) is 0. The van der Waals surface area contributed by atoms with Crippen LogP contribution in [0.4, 0.5) is 0 Å². The quantitative estimate of drug-likeness (QED) is 0.128. The highest BCUT2D eigenvalue weighted by Crippen LogP contribution is 2.26. The molecule has 3 amide bonds. The van der Waals surface area contributed by atoms with E-state index in [0.29, 0.717) is 10.7 Å². The van der Waals surface area contributed by atoms with Crippen molar-refractivity contribution in [3.05, 3.63) is 70.3 Å². The van der Waals surface area contributed by atoms with Gasteiger partial charge >= 0.3 is 11.9 Å². The summed E-state index contributed by atoms with van der Waals surface area (Å²) < 4.78 is 0. The van der Waals surface area contributed by atoms with Gasteiger partial charge in [-0.05, 0) is 71.9 Å². The molecule has 2 atom stereocenters. The van der Waals surface area contributed by atoms with Crippen LogP contribution in [0, 0.1) is 0 Å². The summed E-state index contributed by atoms with van der Waals surface area (Å²) in [6.45, 7) is 8.37. The van der Waals surface area contributed by atoms with Crippen LogP contribution in [0.5, 0.6) is 0 Å². The Kier molecular flexibility index (Phi) is 13.6. The Bertz CT molecular complexity index is 1200. The molecule has 0 saturated heterocycles. The SMILES string of the molecule is CC(C)=CCCC(C)=CCCC(C)=CCSC[C@H](NC(=O)CC[C@@H](C(=O)O)N1C(=O)c2ccccc2C1=O)C(=O)O. The molecular formula is C31H40N2O7S. The molecule has 1 aromatic carbocycles. The summed E-state index contributed by atoms with van der Waals surface area (Å²) in [6.07, 6.45) is 9.79. The first-order valence-corrected chi connectivity index (χ1v) is 14.8. The lowest BCUT2D eigenvalue weighted by Crippen LogP contribution is -2.46. The molecule has 0 unspecified atom stereocenters. The van der Waals surface area contributed by atoms with Crippen molar-refractivity contribution in [1.29, 1.82) is 0 Å². The number of imide groups is 1. The van der Waals surface area contributed by atoms with Gasteiger partial charge in [-0.2, -0.15) is 11.8 Å². The second kappa shape index (κ2) is 16.6. The lowest BCUT2D eigenvalue weighted by molar-refractivity contribution is -0.143. The van der Waals surface area contributed by atoms with Gasteiger partial charge in [0.1, 0.15) is 12.1 Å². The molecule has 222 valence electrons. The van der Waals surface area contributed by atoms with Crippen LogP contribution in [0.2, 0.25) is 0 Å². The molecule has 1 aliphatic heterocycles. The fraction of sp³-hybridized carbons (Fsp3) is 0.452. The van der Waals surface area contributed by atoms with Crippen molar-refractivity contribution in [2.24, 2.45) is 0 Å². The van der Waals surface area contributed by atoms with E-state index in [0.717, 1.165) is 25.7 Å². The highest BCUT2D eigenvalue weighted by Gasteiger charge is 2.42. The fourth-order valence-corrected chi connectivity index (χ4v) is 5.29. The normalized spacial score (nSPS) is 14.9. The summed E-state index contributed by atoms with van der Waals surface area (Å²) in [5.41, 5.74) is 4.12. The van der Waals surface area contributed by atoms with Crippen molar-refractivity contribution in [1.82, 2.24) is 10.2 Å². The zero-order valence-corrected chi connectivity index (χ0v) is 25.0. The first-order chi connectivity index (χ1) is 19.4. The number of carbonyl (C=O) groups excluding carboxylic acids is 3. The van der Waals surface area contributed by atoms with Crippen LogP contribution >= 0.6 is 11.8 Å². The number of aliphatic carboxylic acids is 2. The van der Waals surface area contributed by atoms with Gasteiger partial charge in [-0.25, -0.2) is 9.59 Å². The second-order valence-corrected chi connectivity index (χ2v) is 11.4. The number of carbonyl (C=O) groups is 5. The van der Waals surface area contributed by atoms with E-state index in [-0.39, 0.29) is 29.7 Å². The van der Waals surface area contributed by atoms with Crippen molar-refractivity contribution in [2.45, 2.75) is 78.3 Å². The number of nitrogens with zero attached hydrogens (tertiary/aromatic N) is 1. The number of benzene rings is 1. The minimum atomic E-state index is -1.55. The standard InChI is InChI=1S/C31H40N2O7S/c1-20(2)9-7-10-21(3)11-8-12-22(4)17-18-41-19-25(30(37)38)32-27(34)16-15-26(31(39)40)33-28(35)23-13-5-6-14-24(23)29(33)36/h5-6,9,11,13-14,17,25-26H,7-8,10,12,15-16,18-19H2,1-4H3,(H,32,34)(H,37,38)(H,39,40)/t25-,26-/m0/s1. The Hall–Kier alpha value is -3.66. The number of thioether (sulfide) groups is 1. The van der Waals surface area contributed by atoms with E-state index < -0.39 is 41.7 Å². The molecule has 0 bridgehead atoms. The first-order valence-electron chi connectivity index (χ1n) is 13.7. The van der Waals surface area contributed by atoms with Crippen molar-refractivity contribution in [2.75, 3.05) is 11.5 Å². The largest absolute Gasteiger partial charge is 0.480 e. The van der Waals surface area contributed by atoms with Crippen molar-refractivity contribution < 1.29 is 34.2 Å². The Morgan fingerprint density at radius 2 is 1.41 bits per heavy atom. The van der Waals surface area contributed by atoms with E-state index in [1.54, 1.807) is 12.1 Å².